The summed E-state index contributed by atoms with van der Waals surface area (Å²) < 4.78 is 18.7. The first-order chi connectivity index (χ1) is 11.5. The maximum Gasteiger partial charge on any atom is 0.414 e. The molecular weight excluding hydrogens is 315 g/mol. The van der Waals surface area contributed by atoms with E-state index in [4.69, 9.17) is 10.5 Å². The summed E-state index contributed by atoms with van der Waals surface area (Å²) >= 11 is 0. The molecule has 3 rings (SSSR count). The van der Waals surface area contributed by atoms with Gasteiger partial charge in [0.2, 0.25) is 5.91 Å². The molecule has 2 fully saturated rings. The van der Waals surface area contributed by atoms with Crippen LogP contribution in [0.1, 0.15) is 12.8 Å². The van der Waals surface area contributed by atoms with E-state index in [9.17, 15) is 14.0 Å². The van der Waals surface area contributed by atoms with Gasteiger partial charge in [-0.3, -0.25) is 15.0 Å². The number of nitrogens with two attached hydrogens (primary N) is 1. The number of halogens is 1. The van der Waals surface area contributed by atoms with Gasteiger partial charge in [-0.2, -0.15) is 0 Å². The van der Waals surface area contributed by atoms with E-state index in [-0.39, 0.29) is 12.5 Å². The predicted molar refractivity (Wildman–Crippen MR) is 87.6 cm³/mol. The normalized spacial score (nSPS) is 24.1. The van der Waals surface area contributed by atoms with E-state index in [0.717, 1.165) is 17.9 Å². The summed E-state index contributed by atoms with van der Waals surface area (Å²) in [6, 6.07) is 7.39. The van der Waals surface area contributed by atoms with Crippen molar-refractivity contribution in [2.45, 2.75) is 25.2 Å². The number of alkyl halides is 1. The van der Waals surface area contributed by atoms with E-state index in [1.165, 1.54) is 4.90 Å². The monoisotopic (exact) mass is 336 g/mol. The van der Waals surface area contributed by atoms with Gasteiger partial charge >= 0.3 is 6.09 Å². The van der Waals surface area contributed by atoms with Crippen LogP contribution in [-0.4, -0.2) is 50.6 Å². The molecule has 2 aliphatic heterocycles. The zero-order chi connectivity index (χ0) is 17.1. The molecule has 2 heterocycles. The van der Waals surface area contributed by atoms with Crippen molar-refractivity contribution in [3.63, 3.8) is 0 Å². The molecule has 8 heteroatoms. The number of ether oxygens (including phenoxy) is 1. The Morgan fingerprint density at radius 2 is 2.00 bits per heavy atom. The molecule has 0 saturated carbocycles. The number of rotatable bonds is 5. The van der Waals surface area contributed by atoms with E-state index < -0.39 is 18.3 Å². The van der Waals surface area contributed by atoms with Crippen LogP contribution in [0.15, 0.2) is 24.3 Å². The molecule has 0 radical (unpaired) electrons. The minimum Gasteiger partial charge on any atom is -0.444 e. The summed E-state index contributed by atoms with van der Waals surface area (Å²) in [5.41, 5.74) is 6.76. The summed E-state index contributed by atoms with van der Waals surface area (Å²) in [6.45, 7) is 2.04. The van der Waals surface area contributed by atoms with Gasteiger partial charge in [0.05, 0.1) is 13.1 Å². The van der Waals surface area contributed by atoms with Gasteiger partial charge in [0, 0.05) is 30.9 Å². The molecule has 0 aromatic heterocycles. The third-order valence-electron chi connectivity index (χ3n) is 4.24. The van der Waals surface area contributed by atoms with Crippen LogP contribution in [0.3, 0.4) is 0 Å². The minimum atomic E-state index is -1.03. The molecule has 3 N–H and O–H groups in total. The molecule has 2 unspecified atom stereocenters. The molecule has 0 bridgehead atoms. The number of hydrogen-bond donors (Lipinski definition) is 2. The Labute approximate surface area is 139 Å². The van der Waals surface area contributed by atoms with Crippen LogP contribution < -0.4 is 20.9 Å². The standard InChI is InChI=1S/C16H21FN4O3/c17-14-10-20(8-7-19-14)11-1-3-12(4-2-11)21-9-13(24-16(21)23)5-6-15(18)22/h1-4,13-14,19H,5-10H2,(H2,18,22). The van der Waals surface area contributed by atoms with Crippen LogP contribution in [-0.2, 0) is 9.53 Å². The molecule has 130 valence electrons. The Hall–Kier alpha value is -2.35. The second-order valence-electron chi connectivity index (χ2n) is 6.01. The number of benzene rings is 1. The second-order valence-corrected chi connectivity index (χ2v) is 6.01. The molecule has 2 saturated heterocycles. The number of carbonyl (C=O) groups excluding carboxylic acids is 2. The lowest BCUT2D eigenvalue weighted by Gasteiger charge is -2.31. The van der Waals surface area contributed by atoms with E-state index in [2.05, 4.69) is 5.32 Å². The van der Waals surface area contributed by atoms with Crippen molar-refractivity contribution < 1.29 is 18.7 Å². The molecule has 1 aromatic rings. The molecule has 2 atom stereocenters. The minimum absolute atomic E-state index is 0.193. The largest absolute Gasteiger partial charge is 0.444 e. The number of anilines is 2. The number of carbonyl (C=O) groups is 2. The molecule has 0 aliphatic carbocycles. The van der Waals surface area contributed by atoms with E-state index in [1.54, 1.807) is 0 Å². The Bertz CT molecular complexity index is 610. The lowest BCUT2D eigenvalue weighted by atomic mass is 10.2. The van der Waals surface area contributed by atoms with Gasteiger partial charge < -0.3 is 15.4 Å². The van der Waals surface area contributed by atoms with E-state index >= 15 is 0 Å². The smallest absolute Gasteiger partial charge is 0.414 e. The van der Waals surface area contributed by atoms with Gasteiger partial charge in [0.15, 0.2) is 6.30 Å². The number of piperazine rings is 1. The van der Waals surface area contributed by atoms with E-state index in [1.807, 2.05) is 29.2 Å². The summed E-state index contributed by atoms with van der Waals surface area (Å²) in [6.07, 6.45) is -1.17. The molecule has 0 spiro atoms. The quantitative estimate of drug-likeness (QED) is 0.783. The first kappa shape index (κ1) is 16.5. The van der Waals surface area contributed by atoms with Gasteiger partial charge in [-0.1, -0.05) is 0 Å². The first-order valence-electron chi connectivity index (χ1n) is 8.02. The number of nitrogens with zero attached hydrogens (tertiary/aromatic N) is 2. The Morgan fingerprint density at radius 1 is 1.29 bits per heavy atom. The zero-order valence-corrected chi connectivity index (χ0v) is 13.3. The molecule has 7 nitrogen and oxygen atoms in total. The lowest BCUT2D eigenvalue weighted by molar-refractivity contribution is -0.118. The predicted octanol–water partition coefficient (Wildman–Crippen LogP) is 0.982. The lowest BCUT2D eigenvalue weighted by Crippen LogP contribution is -2.48. The summed E-state index contributed by atoms with van der Waals surface area (Å²) in [5, 5.41) is 2.76. The highest BCUT2D eigenvalue weighted by Crippen LogP contribution is 2.26. The average molecular weight is 336 g/mol. The molecule has 24 heavy (non-hydrogen) atoms. The fraction of sp³-hybridized carbons (Fsp3) is 0.500. The zero-order valence-electron chi connectivity index (χ0n) is 13.3. The maximum absolute atomic E-state index is 13.4. The SMILES string of the molecule is NC(=O)CCC1CN(c2ccc(N3CCNC(F)C3)cc2)C(=O)O1. The van der Waals surface area contributed by atoms with Gasteiger partial charge in [0.1, 0.15) is 6.10 Å². The topological polar surface area (TPSA) is 87.9 Å². The Morgan fingerprint density at radius 3 is 2.67 bits per heavy atom. The fourth-order valence-electron chi connectivity index (χ4n) is 2.97. The maximum atomic E-state index is 13.4. The first-order valence-corrected chi connectivity index (χ1v) is 8.02. The second kappa shape index (κ2) is 7.04. The number of primary amides is 1. The van der Waals surface area contributed by atoms with Crippen LogP contribution >= 0.6 is 0 Å². The summed E-state index contributed by atoms with van der Waals surface area (Å²) in [7, 11) is 0. The summed E-state index contributed by atoms with van der Waals surface area (Å²) in [5.74, 6) is -0.406. The van der Waals surface area contributed by atoms with Crippen LogP contribution in [0.4, 0.5) is 20.6 Å². The van der Waals surface area contributed by atoms with Crippen molar-refractivity contribution in [3.8, 4) is 0 Å². The van der Waals surface area contributed by atoms with Gasteiger partial charge in [-0.05, 0) is 30.7 Å². The van der Waals surface area contributed by atoms with Crippen LogP contribution in [0.5, 0.6) is 0 Å². The highest BCUT2D eigenvalue weighted by Gasteiger charge is 2.32. The molecule has 2 amide bonds. The highest BCUT2D eigenvalue weighted by atomic mass is 19.1. The number of amides is 2. The number of cyclic esters (lactones) is 1. The number of hydrogen-bond acceptors (Lipinski definition) is 5. The van der Waals surface area contributed by atoms with Crippen molar-refractivity contribution in [2.75, 3.05) is 36.0 Å². The van der Waals surface area contributed by atoms with Gasteiger partial charge in [-0.15, -0.1) is 0 Å². The van der Waals surface area contributed by atoms with Gasteiger partial charge in [-0.25, -0.2) is 9.18 Å². The Kier molecular flexibility index (Phi) is 4.84. The van der Waals surface area contributed by atoms with Gasteiger partial charge in [0.25, 0.3) is 0 Å². The third kappa shape index (κ3) is 3.76. The molecule has 1 aromatic carbocycles. The third-order valence-corrected chi connectivity index (χ3v) is 4.24. The fourth-order valence-corrected chi connectivity index (χ4v) is 2.97. The van der Waals surface area contributed by atoms with Crippen molar-refractivity contribution in [1.29, 1.82) is 0 Å². The van der Waals surface area contributed by atoms with Crippen LogP contribution in [0.2, 0.25) is 0 Å². The molecular formula is C16H21FN4O3. The van der Waals surface area contributed by atoms with Crippen LogP contribution in [0.25, 0.3) is 0 Å². The number of nitrogens with one attached hydrogen (secondary N) is 1. The Balaban J connectivity index is 1.63. The summed E-state index contributed by atoms with van der Waals surface area (Å²) in [4.78, 5) is 26.3. The van der Waals surface area contributed by atoms with Crippen molar-refractivity contribution >= 4 is 23.4 Å². The van der Waals surface area contributed by atoms with Crippen molar-refractivity contribution in [2.24, 2.45) is 5.73 Å². The highest BCUT2D eigenvalue weighted by molar-refractivity contribution is 5.90. The van der Waals surface area contributed by atoms with Crippen LogP contribution in [0, 0.1) is 0 Å². The molecule has 2 aliphatic rings. The van der Waals surface area contributed by atoms with Crippen molar-refractivity contribution in [3.05, 3.63) is 24.3 Å². The van der Waals surface area contributed by atoms with E-state index in [0.29, 0.717) is 26.1 Å². The van der Waals surface area contributed by atoms with Crippen molar-refractivity contribution in [1.82, 2.24) is 5.32 Å². The average Bonchev–Trinajstić information content (AvgIpc) is 2.94.